The molecule has 0 radical (unpaired) electrons. The Balaban J connectivity index is 1.96. The molecule has 1 fully saturated rings. The van der Waals surface area contributed by atoms with Gasteiger partial charge in [-0.2, -0.15) is 0 Å². The summed E-state index contributed by atoms with van der Waals surface area (Å²) in [5.74, 6) is -2.06. The second kappa shape index (κ2) is 5.13. The molecule has 1 aromatic heterocycles. The highest BCUT2D eigenvalue weighted by Gasteiger charge is 2.19. The molecule has 0 unspecified atom stereocenters. The van der Waals surface area contributed by atoms with Crippen molar-refractivity contribution >= 4 is 16.8 Å². The Morgan fingerprint density at radius 1 is 1.25 bits per heavy atom. The number of hydrogen-bond acceptors (Lipinski definition) is 3. The molecule has 104 valence electrons. The fourth-order valence-corrected chi connectivity index (χ4v) is 2.31. The standard InChI is InChI=1S/C14H13F2N3O/c15-11-2-1-9-7-10(8-18-13(9)12(11)16)14(20)19-5-3-17-4-6-19/h1-2,7-8,17H,3-6H2. The van der Waals surface area contributed by atoms with Crippen LogP contribution in [-0.4, -0.2) is 42.0 Å². The molecular weight excluding hydrogens is 264 g/mol. The number of amides is 1. The Labute approximate surface area is 114 Å². The molecule has 20 heavy (non-hydrogen) atoms. The van der Waals surface area contributed by atoms with Gasteiger partial charge in [0.2, 0.25) is 0 Å². The molecule has 2 heterocycles. The summed E-state index contributed by atoms with van der Waals surface area (Å²) >= 11 is 0. The maximum absolute atomic E-state index is 13.5. The molecule has 1 saturated heterocycles. The van der Waals surface area contributed by atoms with Crippen molar-refractivity contribution in [3.63, 3.8) is 0 Å². The van der Waals surface area contributed by atoms with E-state index >= 15 is 0 Å². The Kier molecular flexibility index (Phi) is 3.31. The average Bonchev–Trinajstić information content (AvgIpc) is 2.51. The van der Waals surface area contributed by atoms with Crippen molar-refractivity contribution in [3.8, 4) is 0 Å². The van der Waals surface area contributed by atoms with E-state index in [1.165, 1.54) is 12.3 Å². The van der Waals surface area contributed by atoms with Gasteiger partial charge in [0.05, 0.1) is 5.56 Å². The number of pyridine rings is 1. The van der Waals surface area contributed by atoms with Crippen LogP contribution in [0.5, 0.6) is 0 Å². The van der Waals surface area contributed by atoms with Gasteiger partial charge >= 0.3 is 0 Å². The van der Waals surface area contributed by atoms with Crippen LogP contribution >= 0.6 is 0 Å². The summed E-state index contributed by atoms with van der Waals surface area (Å²) in [5, 5.41) is 3.58. The molecule has 4 nitrogen and oxygen atoms in total. The largest absolute Gasteiger partial charge is 0.336 e. The van der Waals surface area contributed by atoms with Crippen molar-refractivity contribution in [1.82, 2.24) is 15.2 Å². The number of benzene rings is 1. The summed E-state index contributed by atoms with van der Waals surface area (Å²) < 4.78 is 26.6. The lowest BCUT2D eigenvalue weighted by Gasteiger charge is -2.27. The van der Waals surface area contributed by atoms with Crippen LogP contribution in [0.25, 0.3) is 10.9 Å². The SMILES string of the molecule is O=C(c1cnc2c(F)c(F)ccc2c1)N1CCNCC1. The van der Waals surface area contributed by atoms with Crippen LogP contribution in [0.1, 0.15) is 10.4 Å². The molecule has 0 spiro atoms. The van der Waals surface area contributed by atoms with Crippen LogP contribution in [-0.2, 0) is 0 Å². The van der Waals surface area contributed by atoms with E-state index in [4.69, 9.17) is 0 Å². The van der Waals surface area contributed by atoms with E-state index in [1.54, 1.807) is 11.0 Å². The minimum Gasteiger partial charge on any atom is -0.336 e. The zero-order chi connectivity index (χ0) is 14.1. The van der Waals surface area contributed by atoms with Crippen LogP contribution in [0.15, 0.2) is 24.4 Å². The van der Waals surface area contributed by atoms with E-state index in [0.717, 1.165) is 19.2 Å². The van der Waals surface area contributed by atoms with Crippen molar-refractivity contribution in [2.75, 3.05) is 26.2 Å². The van der Waals surface area contributed by atoms with Crippen LogP contribution in [0.3, 0.4) is 0 Å². The van der Waals surface area contributed by atoms with E-state index < -0.39 is 11.6 Å². The highest BCUT2D eigenvalue weighted by molar-refractivity contribution is 5.97. The lowest BCUT2D eigenvalue weighted by Crippen LogP contribution is -2.46. The smallest absolute Gasteiger partial charge is 0.255 e. The zero-order valence-corrected chi connectivity index (χ0v) is 10.7. The first kappa shape index (κ1) is 12.9. The summed E-state index contributed by atoms with van der Waals surface area (Å²) in [4.78, 5) is 17.9. The van der Waals surface area contributed by atoms with E-state index in [-0.39, 0.29) is 11.4 Å². The zero-order valence-electron chi connectivity index (χ0n) is 10.7. The molecule has 1 aliphatic heterocycles. The number of hydrogen-bond donors (Lipinski definition) is 1. The molecule has 2 aromatic rings. The normalized spacial score (nSPS) is 15.6. The van der Waals surface area contributed by atoms with Gasteiger partial charge in [-0.25, -0.2) is 8.78 Å². The van der Waals surface area contributed by atoms with Crippen molar-refractivity contribution in [2.45, 2.75) is 0 Å². The molecule has 6 heteroatoms. The first-order chi connectivity index (χ1) is 9.66. The Hall–Kier alpha value is -2.08. The molecule has 1 N–H and O–H groups in total. The molecular formula is C14H13F2N3O. The fourth-order valence-electron chi connectivity index (χ4n) is 2.31. The van der Waals surface area contributed by atoms with E-state index in [1.807, 2.05) is 0 Å². The first-order valence-electron chi connectivity index (χ1n) is 6.40. The van der Waals surface area contributed by atoms with Gasteiger partial charge in [0.15, 0.2) is 11.6 Å². The number of carbonyl (C=O) groups is 1. The van der Waals surface area contributed by atoms with E-state index in [9.17, 15) is 13.6 Å². The van der Waals surface area contributed by atoms with Gasteiger partial charge < -0.3 is 10.2 Å². The number of piperazine rings is 1. The summed E-state index contributed by atoms with van der Waals surface area (Å²) in [7, 11) is 0. The minimum absolute atomic E-state index is 0.0538. The third-order valence-electron chi connectivity index (χ3n) is 3.40. The number of fused-ring (bicyclic) bond motifs is 1. The second-order valence-corrected chi connectivity index (χ2v) is 4.70. The Bertz CT molecular complexity index is 669. The number of nitrogens with zero attached hydrogens (tertiary/aromatic N) is 2. The molecule has 3 rings (SSSR count). The maximum Gasteiger partial charge on any atom is 0.255 e. The number of aromatic nitrogens is 1. The topological polar surface area (TPSA) is 45.2 Å². The summed E-state index contributed by atoms with van der Waals surface area (Å²) in [6.45, 7) is 2.78. The summed E-state index contributed by atoms with van der Waals surface area (Å²) in [6.07, 6.45) is 1.30. The van der Waals surface area contributed by atoms with Gasteiger partial charge in [-0.3, -0.25) is 9.78 Å². The van der Waals surface area contributed by atoms with Crippen LogP contribution in [0, 0.1) is 11.6 Å². The number of halogens is 2. The third kappa shape index (κ3) is 2.22. The highest BCUT2D eigenvalue weighted by atomic mass is 19.2. The predicted molar refractivity (Wildman–Crippen MR) is 70.4 cm³/mol. The number of nitrogens with one attached hydrogen (secondary N) is 1. The van der Waals surface area contributed by atoms with Gasteiger partial charge in [0.1, 0.15) is 5.52 Å². The lowest BCUT2D eigenvalue weighted by atomic mass is 10.1. The minimum atomic E-state index is -0.983. The van der Waals surface area contributed by atoms with E-state index in [0.29, 0.717) is 24.0 Å². The van der Waals surface area contributed by atoms with Crippen molar-refractivity contribution in [2.24, 2.45) is 0 Å². The highest BCUT2D eigenvalue weighted by Crippen LogP contribution is 2.20. The van der Waals surface area contributed by atoms with Crippen molar-refractivity contribution < 1.29 is 13.6 Å². The van der Waals surface area contributed by atoms with E-state index in [2.05, 4.69) is 10.3 Å². The van der Waals surface area contributed by atoms with Crippen LogP contribution in [0.2, 0.25) is 0 Å². The lowest BCUT2D eigenvalue weighted by molar-refractivity contribution is 0.0735. The Morgan fingerprint density at radius 2 is 2.00 bits per heavy atom. The molecule has 1 aromatic carbocycles. The number of rotatable bonds is 1. The molecule has 0 bridgehead atoms. The number of carbonyl (C=O) groups excluding carboxylic acids is 1. The quantitative estimate of drug-likeness (QED) is 0.860. The van der Waals surface area contributed by atoms with Gasteiger partial charge in [-0.05, 0) is 18.2 Å². The fraction of sp³-hybridized carbons (Fsp3) is 0.286. The Morgan fingerprint density at radius 3 is 2.75 bits per heavy atom. The molecule has 1 amide bonds. The van der Waals surface area contributed by atoms with Gasteiger partial charge in [-0.1, -0.05) is 0 Å². The van der Waals surface area contributed by atoms with Gasteiger partial charge in [0, 0.05) is 37.8 Å². The second-order valence-electron chi connectivity index (χ2n) is 4.70. The van der Waals surface area contributed by atoms with Gasteiger partial charge in [-0.15, -0.1) is 0 Å². The first-order valence-corrected chi connectivity index (χ1v) is 6.40. The van der Waals surface area contributed by atoms with Crippen LogP contribution < -0.4 is 5.32 Å². The third-order valence-corrected chi connectivity index (χ3v) is 3.40. The molecule has 0 aliphatic carbocycles. The van der Waals surface area contributed by atoms with Crippen molar-refractivity contribution in [3.05, 3.63) is 41.6 Å². The molecule has 0 saturated carbocycles. The monoisotopic (exact) mass is 277 g/mol. The molecule has 1 aliphatic rings. The maximum atomic E-state index is 13.5. The molecule has 0 atom stereocenters. The predicted octanol–water partition coefficient (Wildman–Crippen LogP) is 1.56. The van der Waals surface area contributed by atoms with Crippen LogP contribution in [0.4, 0.5) is 8.78 Å². The van der Waals surface area contributed by atoms with Crippen molar-refractivity contribution in [1.29, 1.82) is 0 Å². The average molecular weight is 277 g/mol. The summed E-state index contributed by atoms with van der Waals surface area (Å²) in [5.41, 5.74) is 0.340. The summed E-state index contributed by atoms with van der Waals surface area (Å²) in [6, 6.07) is 4.02. The van der Waals surface area contributed by atoms with Gasteiger partial charge in [0.25, 0.3) is 5.91 Å².